The van der Waals surface area contributed by atoms with Crippen molar-refractivity contribution in [2.75, 3.05) is 6.61 Å². The Labute approximate surface area is 75.1 Å². The lowest BCUT2D eigenvalue weighted by atomic mass is 10.5. The molecule has 5 heteroatoms. The zero-order valence-corrected chi connectivity index (χ0v) is 7.17. The van der Waals surface area contributed by atoms with E-state index in [9.17, 15) is 14.0 Å². The van der Waals surface area contributed by atoms with Gasteiger partial charge >= 0.3 is 6.09 Å². The predicted molar refractivity (Wildman–Crippen MR) is 44.6 cm³/mol. The minimum Gasteiger partial charge on any atom is -0.445 e. The number of allylic oxidation sites excluding steroid dienone is 1. The van der Waals surface area contributed by atoms with Crippen molar-refractivity contribution >= 4 is 12.0 Å². The number of halogens is 1. The van der Waals surface area contributed by atoms with Gasteiger partial charge in [0.15, 0.2) is 5.83 Å². The van der Waals surface area contributed by atoms with E-state index >= 15 is 0 Å². The monoisotopic (exact) mass is 187 g/mol. The molecule has 0 aromatic carbocycles. The molecule has 4 nitrogen and oxygen atoms in total. The van der Waals surface area contributed by atoms with Gasteiger partial charge in [0.05, 0.1) is 0 Å². The Bertz CT molecular complexity index is 248. The second kappa shape index (κ2) is 5.93. The van der Waals surface area contributed by atoms with Crippen molar-refractivity contribution in [3.05, 3.63) is 24.6 Å². The number of carbonyl (C=O) groups excluding carboxylic acids is 2. The number of amides is 2. The first kappa shape index (κ1) is 11.4. The minimum absolute atomic E-state index is 0.0361. The van der Waals surface area contributed by atoms with Crippen LogP contribution >= 0.6 is 0 Å². The highest BCUT2D eigenvalue weighted by Gasteiger charge is 2.10. The van der Waals surface area contributed by atoms with Crippen LogP contribution in [-0.2, 0) is 9.53 Å². The van der Waals surface area contributed by atoms with Crippen molar-refractivity contribution in [1.82, 2.24) is 5.32 Å². The largest absolute Gasteiger partial charge is 0.445 e. The van der Waals surface area contributed by atoms with Crippen LogP contribution in [0.15, 0.2) is 24.6 Å². The van der Waals surface area contributed by atoms with E-state index in [0.717, 1.165) is 0 Å². The van der Waals surface area contributed by atoms with Gasteiger partial charge < -0.3 is 4.74 Å². The van der Waals surface area contributed by atoms with Gasteiger partial charge in [0.2, 0.25) is 0 Å². The zero-order valence-electron chi connectivity index (χ0n) is 7.17. The lowest BCUT2D eigenvalue weighted by Crippen LogP contribution is -2.31. The third-order valence-electron chi connectivity index (χ3n) is 1.01. The minimum atomic E-state index is -1.23. The van der Waals surface area contributed by atoms with Gasteiger partial charge in [-0.15, -0.1) is 0 Å². The highest BCUT2D eigenvalue weighted by Crippen LogP contribution is 1.90. The first-order valence-electron chi connectivity index (χ1n) is 3.51. The molecule has 0 bridgehead atoms. The normalized spacial score (nSPS) is 9.69. The van der Waals surface area contributed by atoms with Crippen LogP contribution in [0.1, 0.15) is 6.92 Å². The van der Waals surface area contributed by atoms with Gasteiger partial charge in [-0.3, -0.25) is 10.1 Å². The van der Waals surface area contributed by atoms with E-state index < -0.39 is 17.8 Å². The summed E-state index contributed by atoms with van der Waals surface area (Å²) in [5, 5.41) is 1.63. The molecule has 0 atom stereocenters. The summed E-state index contributed by atoms with van der Waals surface area (Å²) in [6.07, 6.45) is 2.24. The van der Waals surface area contributed by atoms with Gasteiger partial charge in [-0.25, -0.2) is 9.18 Å². The summed E-state index contributed by atoms with van der Waals surface area (Å²) in [6.45, 7) is 4.49. The number of carbonyl (C=O) groups is 2. The number of hydrogen-bond donors (Lipinski definition) is 1. The molecular weight excluding hydrogens is 177 g/mol. The molecule has 0 saturated heterocycles. The molecule has 0 aliphatic rings. The second-order valence-corrected chi connectivity index (χ2v) is 2.03. The lowest BCUT2D eigenvalue weighted by Gasteiger charge is -2.01. The van der Waals surface area contributed by atoms with Crippen LogP contribution in [0, 0.1) is 0 Å². The maximum absolute atomic E-state index is 12.0. The van der Waals surface area contributed by atoms with E-state index in [0.29, 0.717) is 0 Å². The van der Waals surface area contributed by atoms with Gasteiger partial charge in [-0.2, -0.15) is 0 Å². The molecule has 72 valence electrons. The molecular formula is C8H10FNO3. The molecule has 0 aromatic rings. The topological polar surface area (TPSA) is 55.4 Å². The molecule has 1 N–H and O–H groups in total. The smallest absolute Gasteiger partial charge is 0.414 e. The number of alkyl carbamates (subject to hydrolysis) is 1. The standard InChI is InChI=1S/C8H10FNO3/c1-3-4-5-13-8(12)10-7(11)6(2)9/h3-4H,2,5H2,1H3,(H,10,11,12). The number of ether oxygens (including phenoxy) is 1. The molecule has 0 saturated carbocycles. The van der Waals surface area contributed by atoms with E-state index in [1.807, 2.05) is 0 Å². The summed E-state index contributed by atoms with van der Waals surface area (Å²) < 4.78 is 16.5. The Morgan fingerprint density at radius 3 is 2.69 bits per heavy atom. The number of imide groups is 1. The summed E-state index contributed by atoms with van der Waals surface area (Å²) in [7, 11) is 0. The van der Waals surface area contributed by atoms with Gasteiger partial charge in [-0.05, 0) is 6.92 Å². The number of rotatable bonds is 3. The van der Waals surface area contributed by atoms with Crippen LogP contribution in [0.5, 0.6) is 0 Å². The average molecular weight is 187 g/mol. The molecule has 0 rings (SSSR count). The summed E-state index contributed by atoms with van der Waals surface area (Å²) >= 11 is 0. The highest BCUT2D eigenvalue weighted by molar-refractivity contribution is 6.00. The van der Waals surface area contributed by atoms with Crippen LogP contribution in [0.25, 0.3) is 0 Å². The summed E-state index contributed by atoms with van der Waals surface area (Å²) in [5.41, 5.74) is 0. The summed E-state index contributed by atoms with van der Waals surface area (Å²) in [5.74, 6) is -2.42. The van der Waals surface area contributed by atoms with E-state index in [1.165, 1.54) is 0 Å². The van der Waals surface area contributed by atoms with Crippen LogP contribution in [0.4, 0.5) is 9.18 Å². The first-order valence-corrected chi connectivity index (χ1v) is 3.51. The van der Waals surface area contributed by atoms with Gasteiger partial charge in [-0.1, -0.05) is 18.7 Å². The van der Waals surface area contributed by atoms with Gasteiger partial charge in [0.25, 0.3) is 5.91 Å². The number of nitrogens with one attached hydrogen (secondary N) is 1. The van der Waals surface area contributed by atoms with Gasteiger partial charge in [0.1, 0.15) is 6.61 Å². The molecule has 0 fully saturated rings. The highest BCUT2D eigenvalue weighted by atomic mass is 19.1. The lowest BCUT2D eigenvalue weighted by molar-refractivity contribution is -0.118. The molecule has 0 spiro atoms. The van der Waals surface area contributed by atoms with E-state index in [4.69, 9.17) is 0 Å². The quantitative estimate of drug-likeness (QED) is 0.535. The molecule has 0 unspecified atom stereocenters. The van der Waals surface area contributed by atoms with Crippen LogP contribution in [0.2, 0.25) is 0 Å². The second-order valence-electron chi connectivity index (χ2n) is 2.03. The fourth-order valence-electron chi connectivity index (χ4n) is 0.417. The van der Waals surface area contributed by atoms with Crippen molar-refractivity contribution in [2.24, 2.45) is 0 Å². The van der Waals surface area contributed by atoms with Crippen molar-refractivity contribution in [3.63, 3.8) is 0 Å². The predicted octanol–water partition coefficient (Wildman–Crippen LogP) is 1.30. The van der Waals surface area contributed by atoms with Crippen molar-refractivity contribution in [2.45, 2.75) is 6.92 Å². The maximum atomic E-state index is 12.0. The average Bonchev–Trinajstić information content (AvgIpc) is 2.04. The zero-order chi connectivity index (χ0) is 10.3. The van der Waals surface area contributed by atoms with Crippen molar-refractivity contribution in [1.29, 1.82) is 0 Å². The third-order valence-corrected chi connectivity index (χ3v) is 1.01. The molecule has 0 aliphatic heterocycles. The fourth-order valence-corrected chi connectivity index (χ4v) is 0.417. The molecule has 0 heterocycles. The Morgan fingerprint density at radius 2 is 2.23 bits per heavy atom. The summed E-state index contributed by atoms with van der Waals surface area (Å²) in [4.78, 5) is 21.1. The number of hydrogen-bond acceptors (Lipinski definition) is 3. The SMILES string of the molecule is C=C(F)C(=O)NC(=O)OCC=CC. The Hall–Kier alpha value is -1.65. The van der Waals surface area contributed by atoms with E-state index in [1.54, 1.807) is 24.4 Å². The van der Waals surface area contributed by atoms with Crippen LogP contribution in [-0.4, -0.2) is 18.6 Å². The molecule has 0 aromatic heterocycles. The molecule has 0 aliphatic carbocycles. The van der Waals surface area contributed by atoms with Crippen molar-refractivity contribution < 1.29 is 18.7 Å². The Morgan fingerprint density at radius 1 is 1.62 bits per heavy atom. The molecule has 2 amide bonds. The Kier molecular flexibility index (Phi) is 5.18. The Balaban J connectivity index is 3.75. The molecule has 0 radical (unpaired) electrons. The van der Waals surface area contributed by atoms with Crippen molar-refractivity contribution in [3.8, 4) is 0 Å². The van der Waals surface area contributed by atoms with Crippen LogP contribution < -0.4 is 5.32 Å². The third kappa shape index (κ3) is 5.60. The molecule has 13 heavy (non-hydrogen) atoms. The van der Waals surface area contributed by atoms with E-state index in [-0.39, 0.29) is 6.61 Å². The summed E-state index contributed by atoms with van der Waals surface area (Å²) in [6, 6.07) is 0. The van der Waals surface area contributed by atoms with Gasteiger partial charge in [0, 0.05) is 0 Å². The van der Waals surface area contributed by atoms with Crippen LogP contribution in [0.3, 0.4) is 0 Å². The maximum Gasteiger partial charge on any atom is 0.414 e. The first-order chi connectivity index (χ1) is 6.07. The van der Waals surface area contributed by atoms with E-state index in [2.05, 4.69) is 11.3 Å². The fraction of sp³-hybridized carbons (Fsp3) is 0.250.